The number of benzene rings is 6. The van der Waals surface area contributed by atoms with Crippen molar-refractivity contribution in [3.05, 3.63) is 145 Å². The topological polar surface area (TPSA) is 235 Å². The monoisotopic (exact) mass is 1460 g/mol. The maximum atomic E-state index is 9.13. The number of anilines is 6. The quantitative estimate of drug-likeness (QED) is 0.0233. The number of aliphatic hydroxyl groups excluding tert-OH is 1. The number of aromatic nitrogens is 6. The van der Waals surface area contributed by atoms with Gasteiger partial charge >= 0.3 is 0 Å². The van der Waals surface area contributed by atoms with Crippen LogP contribution in [0.1, 0.15) is 155 Å². The van der Waals surface area contributed by atoms with Gasteiger partial charge in [-0.15, -0.1) is 17.8 Å². The average Bonchev–Trinajstić information content (AvgIpc) is 0.808. The molecule has 0 aliphatic rings. The summed E-state index contributed by atoms with van der Waals surface area (Å²) in [5.41, 5.74) is 7.60. The van der Waals surface area contributed by atoms with Crippen molar-refractivity contribution in [2.45, 2.75) is 138 Å². The summed E-state index contributed by atoms with van der Waals surface area (Å²) in [6.07, 6.45) is 5.79. The maximum absolute atomic E-state index is 9.13. The number of aliphatic hydroxyl groups is 1. The zero-order valence-corrected chi connectivity index (χ0v) is 67.4. The Morgan fingerprint density at radius 3 is 0.830 bits per heavy atom. The van der Waals surface area contributed by atoms with Crippen molar-refractivity contribution in [1.29, 1.82) is 0 Å². The van der Waals surface area contributed by atoms with Crippen LogP contribution >= 0.6 is 0 Å². The Morgan fingerprint density at radius 2 is 0.585 bits per heavy atom. The number of rotatable bonds is 31. The molecule has 0 bridgehead atoms. The van der Waals surface area contributed by atoms with Crippen LogP contribution in [0.5, 0.6) is 34.5 Å². The lowest BCUT2D eigenvalue weighted by molar-refractivity contribution is 0.106. The fourth-order valence-corrected chi connectivity index (χ4v) is 8.61. The molecule has 21 heteroatoms. The van der Waals surface area contributed by atoms with Crippen molar-refractivity contribution in [2.24, 2.45) is 0 Å². The van der Waals surface area contributed by atoms with Gasteiger partial charge in [-0.3, -0.25) is 0 Å². The molecule has 0 saturated heterocycles. The zero-order chi connectivity index (χ0) is 79.0. The van der Waals surface area contributed by atoms with Crippen LogP contribution in [-0.2, 0) is 23.7 Å². The van der Waals surface area contributed by atoms with E-state index in [4.69, 9.17) is 57.2 Å². The summed E-state index contributed by atoms with van der Waals surface area (Å²) in [6.45, 7) is 43.3. The van der Waals surface area contributed by atoms with Crippen LogP contribution in [0.3, 0.4) is 0 Å². The van der Waals surface area contributed by atoms with Crippen molar-refractivity contribution in [3.8, 4) is 70.0 Å². The predicted octanol–water partition coefficient (Wildman–Crippen LogP) is 19.1. The maximum Gasteiger partial charge on any atom is 0.163 e. The highest BCUT2D eigenvalue weighted by Gasteiger charge is 2.17. The van der Waals surface area contributed by atoms with E-state index in [1.807, 2.05) is 214 Å². The Labute approximate surface area is 634 Å². The van der Waals surface area contributed by atoms with Crippen LogP contribution in [-0.4, -0.2) is 149 Å². The molecule has 0 amide bonds. The molecule has 6 aromatic carbocycles. The number of methoxy groups -OCH3 is 3. The second-order valence-electron chi connectivity index (χ2n) is 19.8. The normalized spacial score (nSPS) is 9.42. The number of hydrogen-bond donors (Lipinski definition) is 4. The van der Waals surface area contributed by atoms with Gasteiger partial charge in [0.05, 0.1) is 56.2 Å². The van der Waals surface area contributed by atoms with Crippen molar-refractivity contribution in [2.75, 3.05) is 130 Å². The Bertz CT molecular complexity index is 3810. The van der Waals surface area contributed by atoms with E-state index >= 15 is 0 Å². The van der Waals surface area contributed by atoms with Gasteiger partial charge in [0.25, 0.3) is 0 Å². The summed E-state index contributed by atoms with van der Waals surface area (Å²) in [5.74, 6) is 23.3. The molecule has 0 radical (unpaired) electrons. The van der Waals surface area contributed by atoms with Crippen molar-refractivity contribution < 1.29 is 57.2 Å². The van der Waals surface area contributed by atoms with Gasteiger partial charge in [0, 0.05) is 103 Å². The number of ether oxygens (including phenoxy) is 11. The van der Waals surface area contributed by atoms with E-state index < -0.39 is 0 Å². The molecular weight excluding hydrogens is 1340 g/mol. The lowest BCUT2D eigenvalue weighted by Gasteiger charge is -2.15. The molecule has 0 unspecified atom stereocenters. The van der Waals surface area contributed by atoms with Crippen molar-refractivity contribution in [3.63, 3.8) is 0 Å². The summed E-state index contributed by atoms with van der Waals surface area (Å²) >= 11 is 0. The van der Waals surface area contributed by atoms with Gasteiger partial charge in [0.1, 0.15) is 76.1 Å². The number of hydrogen-bond acceptors (Lipinski definition) is 21. The van der Waals surface area contributed by atoms with E-state index in [1.165, 1.54) is 25.4 Å². The fourth-order valence-electron chi connectivity index (χ4n) is 8.61. The van der Waals surface area contributed by atoms with Gasteiger partial charge in [-0.05, 0) is 107 Å². The Kier molecular flexibility index (Phi) is 57.5. The third-order valence-corrected chi connectivity index (χ3v) is 12.6. The molecule has 4 N–H and O–H groups in total. The molecule has 9 rings (SSSR count). The van der Waals surface area contributed by atoms with E-state index in [0.29, 0.717) is 137 Å². The standard InChI is InChI=1S/2C24H27N3O4.C22H23N3O4.C3H8.6C2H6/c2*1-4-7-18-8-6-9-19(14-18)27-24-20-15-22(31-13-11-29-5-2)23(30-12-10-28-3)16-21(20)25-17-26-24;1-3-5-16-6-4-7-17(12-16)25-22-18-13-20(28-9-8-26)21(29-11-10-27-2)14-19(18)23-15-24-22;1-3-2;6*1-2/h2*6,8-9,14-17H,5,10-13H2,1-3H3,(H,25,26,27);4,6-7,12-15,26H,8-11H2,1-2H3,(H,23,24,25);3H2,1-2H3;6*1-2H3. The first-order chi connectivity index (χ1) is 52.1. The first-order valence-electron chi connectivity index (χ1n) is 36.9. The van der Waals surface area contributed by atoms with E-state index in [1.54, 1.807) is 34.3 Å². The second kappa shape index (κ2) is 63.5. The van der Waals surface area contributed by atoms with E-state index in [0.717, 1.165) is 60.9 Å². The number of nitrogens with one attached hydrogen (secondary N) is 3. The molecule has 0 aliphatic heterocycles. The summed E-state index contributed by atoms with van der Waals surface area (Å²) in [5, 5.41) is 21.6. The van der Waals surface area contributed by atoms with Gasteiger partial charge < -0.3 is 73.2 Å². The van der Waals surface area contributed by atoms with Gasteiger partial charge in [0.15, 0.2) is 34.5 Å². The molecular formula is C85H121N9O12. The van der Waals surface area contributed by atoms with Crippen LogP contribution in [0.15, 0.2) is 128 Å². The summed E-state index contributed by atoms with van der Waals surface area (Å²) in [7, 11) is 4.88. The zero-order valence-electron chi connectivity index (χ0n) is 67.4. The van der Waals surface area contributed by atoms with Gasteiger partial charge in [-0.2, -0.15) is 0 Å². The van der Waals surface area contributed by atoms with Gasteiger partial charge in [-0.25, -0.2) is 29.9 Å². The van der Waals surface area contributed by atoms with Crippen LogP contribution in [0, 0.1) is 35.5 Å². The fraction of sp³-hybridized carbons (Fsp3) is 0.435. The highest BCUT2D eigenvalue weighted by Crippen LogP contribution is 2.38. The number of fused-ring (bicyclic) bond motifs is 3. The highest BCUT2D eigenvalue weighted by atomic mass is 16.6. The largest absolute Gasteiger partial charge is 0.487 e. The summed E-state index contributed by atoms with van der Waals surface area (Å²) in [6, 6.07) is 34.6. The van der Waals surface area contributed by atoms with E-state index in [-0.39, 0.29) is 13.2 Å². The molecule has 578 valence electrons. The van der Waals surface area contributed by atoms with Crippen LogP contribution < -0.4 is 44.4 Å². The van der Waals surface area contributed by atoms with Crippen molar-refractivity contribution >= 4 is 67.2 Å². The minimum atomic E-state index is -0.1000. The van der Waals surface area contributed by atoms with E-state index in [9.17, 15) is 0 Å². The van der Waals surface area contributed by atoms with Crippen molar-refractivity contribution in [1.82, 2.24) is 29.9 Å². The molecule has 3 heterocycles. The van der Waals surface area contributed by atoms with Gasteiger partial charge in [-0.1, -0.05) is 139 Å². The molecule has 106 heavy (non-hydrogen) atoms. The van der Waals surface area contributed by atoms with Crippen LogP contribution in [0.2, 0.25) is 0 Å². The summed E-state index contributed by atoms with van der Waals surface area (Å²) < 4.78 is 61.0. The first-order valence-corrected chi connectivity index (χ1v) is 36.9. The lowest BCUT2D eigenvalue weighted by atomic mass is 10.2. The first kappa shape index (κ1) is 96.0. The smallest absolute Gasteiger partial charge is 0.163 e. The Morgan fingerprint density at radius 1 is 0.330 bits per heavy atom. The molecule has 0 atom stereocenters. The van der Waals surface area contributed by atoms with Crippen LogP contribution in [0.25, 0.3) is 32.7 Å². The SMILES string of the molecule is CC.CC.CC.CC.CC.CC.CC#Cc1cccc(Nc2ncnc3cc(OCCOC)c(OCCO)cc23)c1.CC#Cc1cccc(Nc2ncnc3cc(OCCOC)c(OCCOCC)cc23)c1.CC#Cc1cccc(Nc2ncnc3cc(OCCOC)c(OCCOCC)cc23)c1.CCC. The molecule has 0 aliphatic carbocycles. The lowest BCUT2D eigenvalue weighted by Crippen LogP contribution is -2.09. The third-order valence-electron chi connectivity index (χ3n) is 12.6. The molecule has 21 nitrogen and oxygen atoms in total. The molecule has 3 aromatic heterocycles. The molecule has 0 spiro atoms. The summed E-state index contributed by atoms with van der Waals surface area (Å²) in [4.78, 5) is 26.4. The average molecular weight is 1460 g/mol. The third kappa shape index (κ3) is 36.1. The minimum absolute atomic E-state index is 0.1000. The molecule has 0 saturated carbocycles. The molecule has 0 fully saturated rings. The van der Waals surface area contributed by atoms with Gasteiger partial charge in [0.2, 0.25) is 0 Å². The molecule has 9 aromatic rings. The minimum Gasteiger partial charge on any atom is -0.487 e. The van der Waals surface area contributed by atoms with E-state index in [2.05, 4.69) is 95.2 Å². The highest BCUT2D eigenvalue weighted by molar-refractivity contribution is 5.95. The predicted molar refractivity (Wildman–Crippen MR) is 438 cm³/mol. The second-order valence-corrected chi connectivity index (χ2v) is 19.8. The Hall–Kier alpha value is -10.0. The van der Waals surface area contributed by atoms with Crippen LogP contribution in [0.4, 0.5) is 34.5 Å². The number of nitrogens with zero attached hydrogens (tertiary/aromatic N) is 6. The Balaban J connectivity index is 0.00000143.